The van der Waals surface area contributed by atoms with Crippen molar-refractivity contribution in [1.82, 2.24) is 4.98 Å². The summed E-state index contributed by atoms with van der Waals surface area (Å²) in [4.78, 5) is 14.8. The van der Waals surface area contributed by atoms with Gasteiger partial charge in [0.1, 0.15) is 16.6 Å². The number of thiazole rings is 1. The lowest BCUT2D eigenvalue weighted by molar-refractivity contribution is -0.136. The topological polar surface area (TPSA) is 59.4 Å². The molecule has 1 aromatic carbocycles. The Bertz CT molecular complexity index is 597. The average Bonchev–Trinajstić information content (AvgIpc) is 2.79. The molecule has 0 amide bonds. The van der Waals surface area contributed by atoms with E-state index in [9.17, 15) is 9.18 Å². The molecule has 4 nitrogen and oxygen atoms in total. The number of ether oxygens (including phenoxy) is 1. The van der Waals surface area contributed by atoms with Crippen LogP contribution < -0.4 is 4.74 Å². The highest BCUT2D eigenvalue weighted by molar-refractivity contribution is 7.10. The van der Waals surface area contributed by atoms with Gasteiger partial charge in [0.15, 0.2) is 0 Å². The van der Waals surface area contributed by atoms with Crippen LogP contribution in [0.3, 0.4) is 0 Å². The summed E-state index contributed by atoms with van der Waals surface area (Å²) in [7, 11) is 0. The smallest absolute Gasteiger partial charge is 0.310 e. The van der Waals surface area contributed by atoms with Crippen LogP contribution in [0, 0.1) is 5.82 Å². The lowest BCUT2D eigenvalue weighted by Crippen LogP contribution is -1.99. The number of hydrogen-bond acceptors (Lipinski definition) is 4. The van der Waals surface area contributed by atoms with Gasteiger partial charge in [-0.1, -0.05) is 0 Å². The standard InChI is InChI=1S/C13H12FNO3S/c1-2-18-11-4-3-8(14)5-9(11)10-7-19-12(15-10)6-13(16)17/h3-5,7H,2,6H2,1H3,(H,16,17). The normalized spacial score (nSPS) is 10.4. The van der Waals surface area contributed by atoms with Crippen LogP contribution >= 0.6 is 11.3 Å². The van der Waals surface area contributed by atoms with Crippen LogP contribution in [-0.2, 0) is 11.2 Å². The van der Waals surface area contributed by atoms with E-state index in [0.29, 0.717) is 28.6 Å². The van der Waals surface area contributed by atoms with E-state index in [0.717, 1.165) is 0 Å². The zero-order valence-electron chi connectivity index (χ0n) is 10.2. The van der Waals surface area contributed by atoms with Crippen LogP contribution in [0.4, 0.5) is 4.39 Å². The predicted octanol–water partition coefficient (Wildman–Crippen LogP) is 2.98. The molecule has 0 aliphatic rings. The third-order valence-electron chi connectivity index (χ3n) is 2.37. The van der Waals surface area contributed by atoms with Gasteiger partial charge in [-0.3, -0.25) is 4.79 Å². The molecule has 0 aliphatic heterocycles. The van der Waals surface area contributed by atoms with Crippen LogP contribution in [-0.4, -0.2) is 22.7 Å². The van der Waals surface area contributed by atoms with Gasteiger partial charge in [-0.15, -0.1) is 11.3 Å². The summed E-state index contributed by atoms with van der Waals surface area (Å²) < 4.78 is 18.7. The van der Waals surface area contributed by atoms with Crippen LogP contribution in [0.5, 0.6) is 5.75 Å². The number of aromatic nitrogens is 1. The third-order valence-corrected chi connectivity index (χ3v) is 3.22. The Balaban J connectivity index is 2.37. The van der Waals surface area contributed by atoms with Gasteiger partial charge < -0.3 is 9.84 Å². The molecule has 2 rings (SSSR count). The first-order valence-electron chi connectivity index (χ1n) is 5.69. The third kappa shape index (κ3) is 3.29. The second-order valence-electron chi connectivity index (χ2n) is 3.77. The summed E-state index contributed by atoms with van der Waals surface area (Å²) in [6, 6.07) is 4.20. The minimum atomic E-state index is -0.940. The molecule has 0 aliphatic carbocycles. The zero-order valence-corrected chi connectivity index (χ0v) is 11.0. The predicted molar refractivity (Wildman–Crippen MR) is 70.0 cm³/mol. The van der Waals surface area contributed by atoms with Crippen molar-refractivity contribution in [1.29, 1.82) is 0 Å². The molecule has 100 valence electrons. The second kappa shape index (κ2) is 5.79. The zero-order chi connectivity index (χ0) is 13.8. The van der Waals surface area contributed by atoms with Gasteiger partial charge in [0.2, 0.25) is 0 Å². The molecule has 1 aromatic heterocycles. The number of hydrogen-bond donors (Lipinski definition) is 1. The number of carboxylic acid groups (broad SMARTS) is 1. The maximum atomic E-state index is 13.3. The van der Waals surface area contributed by atoms with Crippen molar-refractivity contribution < 1.29 is 19.0 Å². The minimum Gasteiger partial charge on any atom is -0.493 e. The van der Waals surface area contributed by atoms with Crippen molar-refractivity contribution in [3.05, 3.63) is 34.4 Å². The summed E-state index contributed by atoms with van der Waals surface area (Å²) >= 11 is 1.24. The van der Waals surface area contributed by atoms with E-state index in [1.54, 1.807) is 11.4 Å². The molecule has 0 bridgehead atoms. The lowest BCUT2D eigenvalue weighted by atomic mass is 10.1. The number of carboxylic acids is 1. The molecule has 19 heavy (non-hydrogen) atoms. The molecule has 0 unspecified atom stereocenters. The number of benzene rings is 1. The Hall–Kier alpha value is -1.95. The van der Waals surface area contributed by atoms with Gasteiger partial charge in [0.05, 0.1) is 18.7 Å². The maximum Gasteiger partial charge on any atom is 0.310 e. The van der Waals surface area contributed by atoms with E-state index in [1.165, 1.54) is 23.5 Å². The fraction of sp³-hybridized carbons (Fsp3) is 0.231. The van der Waals surface area contributed by atoms with Crippen LogP contribution in [0.25, 0.3) is 11.3 Å². The minimum absolute atomic E-state index is 0.135. The summed E-state index contributed by atoms with van der Waals surface area (Å²) in [5.41, 5.74) is 1.07. The molecule has 1 N–H and O–H groups in total. The van der Waals surface area contributed by atoms with Gasteiger partial charge in [-0.25, -0.2) is 9.37 Å². The molecule has 0 fully saturated rings. The Morgan fingerprint density at radius 1 is 1.53 bits per heavy atom. The Morgan fingerprint density at radius 3 is 3.00 bits per heavy atom. The molecule has 0 atom stereocenters. The summed E-state index contributed by atoms with van der Waals surface area (Å²) in [6.07, 6.45) is -0.135. The van der Waals surface area contributed by atoms with E-state index in [4.69, 9.17) is 9.84 Å². The van der Waals surface area contributed by atoms with E-state index < -0.39 is 5.97 Å². The average molecular weight is 281 g/mol. The molecule has 1 heterocycles. The SMILES string of the molecule is CCOc1ccc(F)cc1-c1csc(CC(=O)O)n1. The largest absolute Gasteiger partial charge is 0.493 e. The molecule has 0 saturated heterocycles. The highest BCUT2D eigenvalue weighted by atomic mass is 32.1. The molecular weight excluding hydrogens is 269 g/mol. The molecule has 2 aromatic rings. The fourth-order valence-electron chi connectivity index (χ4n) is 1.63. The number of carbonyl (C=O) groups is 1. The van der Waals surface area contributed by atoms with Gasteiger partial charge >= 0.3 is 5.97 Å². The van der Waals surface area contributed by atoms with E-state index in [1.807, 2.05) is 6.92 Å². The van der Waals surface area contributed by atoms with Gasteiger partial charge in [-0.05, 0) is 25.1 Å². The first-order chi connectivity index (χ1) is 9.10. The van der Waals surface area contributed by atoms with Gasteiger partial charge in [-0.2, -0.15) is 0 Å². The van der Waals surface area contributed by atoms with Crippen molar-refractivity contribution in [3.8, 4) is 17.0 Å². The van der Waals surface area contributed by atoms with E-state index in [-0.39, 0.29) is 12.2 Å². The summed E-state index contributed by atoms with van der Waals surface area (Å²) in [5.74, 6) is -0.785. The van der Waals surface area contributed by atoms with E-state index >= 15 is 0 Å². The maximum absolute atomic E-state index is 13.3. The van der Waals surface area contributed by atoms with E-state index in [2.05, 4.69) is 4.98 Å². The van der Waals surface area contributed by atoms with Crippen molar-refractivity contribution >= 4 is 17.3 Å². The Morgan fingerprint density at radius 2 is 2.32 bits per heavy atom. The Labute approximate surface area is 113 Å². The van der Waals surface area contributed by atoms with Crippen molar-refractivity contribution in [3.63, 3.8) is 0 Å². The lowest BCUT2D eigenvalue weighted by Gasteiger charge is -2.08. The molecule has 6 heteroatoms. The summed E-state index contributed by atoms with van der Waals surface area (Å²) in [6.45, 7) is 2.30. The second-order valence-corrected chi connectivity index (χ2v) is 4.71. The van der Waals surface area contributed by atoms with Crippen LogP contribution in [0.1, 0.15) is 11.9 Å². The summed E-state index contributed by atoms with van der Waals surface area (Å²) in [5, 5.41) is 10.9. The van der Waals surface area contributed by atoms with Crippen molar-refractivity contribution in [2.45, 2.75) is 13.3 Å². The molecule has 0 saturated carbocycles. The highest BCUT2D eigenvalue weighted by Gasteiger charge is 2.13. The molecule has 0 spiro atoms. The Kier molecular flexibility index (Phi) is 4.11. The number of halogens is 1. The van der Waals surface area contributed by atoms with Crippen LogP contribution in [0.2, 0.25) is 0 Å². The first-order valence-corrected chi connectivity index (χ1v) is 6.57. The quantitative estimate of drug-likeness (QED) is 0.915. The molecule has 0 radical (unpaired) electrons. The van der Waals surface area contributed by atoms with Crippen molar-refractivity contribution in [2.24, 2.45) is 0 Å². The monoisotopic (exact) mass is 281 g/mol. The number of aliphatic carboxylic acids is 1. The highest BCUT2D eigenvalue weighted by Crippen LogP contribution is 2.31. The fourth-order valence-corrected chi connectivity index (χ4v) is 2.41. The van der Waals surface area contributed by atoms with Crippen LogP contribution in [0.15, 0.2) is 23.6 Å². The first kappa shape index (κ1) is 13.5. The molecular formula is C13H12FNO3S. The number of nitrogens with zero attached hydrogens (tertiary/aromatic N) is 1. The van der Waals surface area contributed by atoms with Gasteiger partial charge in [0, 0.05) is 10.9 Å². The number of rotatable bonds is 5. The van der Waals surface area contributed by atoms with Gasteiger partial charge in [0.25, 0.3) is 0 Å². The van der Waals surface area contributed by atoms with Crippen molar-refractivity contribution in [2.75, 3.05) is 6.61 Å².